The van der Waals surface area contributed by atoms with Crippen molar-refractivity contribution >= 4 is 33.1 Å². The number of nitrogen functional groups attached to an aromatic ring is 1. The fraction of sp³-hybridized carbons (Fsp3) is 0.333. The van der Waals surface area contributed by atoms with Crippen LogP contribution in [0.3, 0.4) is 0 Å². The summed E-state index contributed by atoms with van der Waals surface area (Å²) in [7, 11) is 3.85. The summed E-state index contributed by atoms with van der Waals surface area (Å²) in [5, 5.41) is 0.856. The maximum atomic E-state index is 11.9. The Bertz CT molecular complexity index is 565. The third-order valence-electron chi connectivity index (χ3n) is 2.49. The highest BCUT2D eigenvalue weighted by molar-refractivity contribution is 7.21. The van der Waals surface area contributed by atoms with Gasteiger partial charge in [-0.15, -0.1) is 11.3 Å². The molecule has 0 aliphatic heterocycles. The van der Waals surface area contributed by atoms with Crippen LogP contribution in [0.25, 0.3) is 10.1 Å². The zero-order valence-corrected chi connectivity index (χ0v) is 11.2. The molecule has 0 saturated heterocycles. The van der Waals surface area contributed by atoms with Gasteiger partial charge in [0.15, 0.2) is 0 Å². The van der Waals surface area contributed by atoms with Crippen LogP contribution in [-0.4, -0.2) is 43.1 Å². The van der Waals surface area contributed by atoms with E-state index in [1.165, 1.54) is 11.3 Å². The van der Waals surface area contributed by atoms with Gasteiger partial charge in [0.1, 0.15) is 11.5 Å². The van der Waals surface area contributed by atoms with Crippen LogP contribution >= 0.6 is 11.3 Å². The molecule has 2 heterocycles. The molecule has 2 rings (SSSR count). The summed E-state index contributed by atoms with van der Waals surface area (Å²) < 4.78 is 6.08. The van der Waals surface area contributed by atoms with Gasteiger partial charge in [-0.2, -0.15) is 0 Å². The number of pyridine rings is 1. The van der Waals surface area contributed by atoms with Crippen molar-refractivity contribution in [3.8, 4) is 0 Å². The maximum Gasteiger partial charge on any atom is 0.350 e. The highest BCUT2D eigenvalue weighted by Gasteiger charge is 2.17. The number of hydrogen-bond donors (Lipinski definition) is 1. The van der Waals surface area contributed by atoms with Crippen molar-refractivity contribution in [1.82, 2.24) is 9.88 Å². The molecule has 0 spiro atoms. The van der Waals surface area contributed by atoms with Crippen LogP contribution in [0.2, 0.25) is 0 Å². The number of nitrogens with two attached hydrogens (primary N) is 1. The summed E-state index contributed by atoms with van der Waals surface area (Å²) >= 11 is 1.32. The Labute approximate surface area is 109 Å². The number of thiophene rings is 1. The largest absolute Gasteiger partial charge is 0.460 e. The van der Waals surface area contributed by atoms with Crippen LogP contribution < -0.4 is 5.73 Å². The van der Waals surface area contributed by atoms with E-state index in [1.54, 1.807) is 18.5 Å². The van der Waals surface area contributed by atoms with Gasteiger partial charge in [0.2, 0.25) is 0 Å². The Hall–Kier alpha value is -1.66. The van der Waals surface area contributed by atoms with Gasteiger partial charge in [0.25, 0.3) is 0 Å². The average Bonchev–Trinajstić information content (AvgIpc) is 2.67. The van der Waals surface area contributed by atoms with Gasteiger partial charge < -0.3 is 15.4 Å². The topological polar surface area (TPSA) is 68.5 Å². The van der Waals surface area contributed by atoms with E-state index in [0.717, 1.165) is 10.1 Å². The van der Waals surface area contributed by atoms with Crippen molar-refractivity contribution in [3.05, 3.63) is 23.3 Å². The quantitative estimate of drug-likeness (QED) is 0.850. The van der Waals surface area contributed by atoms with Gasteiger partial charge >= 0.3 is 5.97 Å². The molecule has 2 aromatic rings. The van der Waals surface area contributed by atoms with Gasteiger partial charge in [-0.05, 0) is 20.2 Å². The Morgan fingerprint density at radius 1 is 1.56 bits per heavy atom. The lowest BCUT2D eigenvalue weighted by molar-refractivity contribution is 0.0489. The summed E-state index contributed by atoms with van der Waals surface area (Å²) in [4.78, 5) is 18.3. The van der Waals surface area contributed by atoms with E-state index in [9.17, 15) is 4.79 Å². The van der Waals surface area contributed by atoms with E-state index in [4.69, 9.17) is 10.5 Å². The van der Waals surface area contributed by atoms with E-state index in [1.807, 2.05) is 19.0 Å². The first kappa shape index (κ1) is 12.8. The van der Waals surface area contributed by atoms with E-state index in [2.05, 4.69) is 4.98 Å². The van der Waals surface area contributed by atoms with Crippen molar-refractivity contribution < 1.29 is 9.53 Å². The molecule has 6 heteroatoms. The van der Waals surface area contributed by atoms with Gasteiger partial charge in [-0.25, -0.2) is 4.79 Å². The van der Waals surface area contributed by atoms with Crippen LogP contribution in [0.1, 0.15) is 9.67 Å². The number of esters is 1. The smallest absolute Gasteiger partial charge is 0.350 e. The van der Waals surface area contributed by atoms with Crippen LogP contribution in [0.5, 0.6) is 0 Å². The molecule has 5 nitrogen and oxygen atoms in total. The minimum atomic E-state index is -0.365. The lowest BCUT2D eigenvalue weighted by Gasteiger charge is -2.09. The Kier molecular flexibility index (Phi) is 3.78. The highest BCUT2D eigenvalue weighted by Crippen LogP contribution is 2.33. The predicted molar refractivity (Wildman–Crippen MR) is 72.9 cm³/mol. The third kappa shape index (κ3) is 2.60. The van der Waals surface area contributed by atoms with E-state index in [-0.39, 0.29) is 5.97 Å². The molecular formula is C12H15N3O2S. The number of rotatable bonds is 4. The van der Waals surface area contributed by atoms with Crippen LogP contribution in [0, 0.1) is 0 Å². The van der Waals surface area contributed by atoms with Crippen LogP contribution in [0.4, 0.5) is 5.69 Å². The molecule has 2 N–H and O–H groups in total. The SMILES string of the molecule is CN(C)CCOC(=O)c1sc2cnccc2c1N. The number of anilines is 1. The number of hydrogen-bond acceptors (Lipinski definition) is 6. The predicted octanol–water partition coefficient (Wildman–Crippen LogP) is 1.60. The van der Waals surface area contributed by atoms with E-state index in [0.29, 0.717) is 23.7 Å². The molecule has 0 aliphatic rings. The maximum absolute atomic E-state index is 11.9. The zero-order valence-electron chi connectivity index (χ0n) is 10.3. The standard InChI is InChI=1S/C12H15N3O2S/c1-15(2)5-6-17-12(16)11-10(13)8-3-4-14-7-9(8)18-11/h3-4,7H,5-6,13H2,1-2H3. The molecule has 0 atom stereocenters. The second-order valence-electron chi connectivity index (χ2n) is 4.16. The number of fused-ring (bicyclic) bond motifs is 1. The summed E-state index contributed by atoms with van der Waals surface area (Å²) in [6.45, 7) is 1.05. The number of aromatic nitrogens is 1. The third-order valence-corrected chi connectivity index (χ3v) is 3.62. The van der Waals surface area contributed by atoms with E-state index >= 15 is 0 Å². The Morgan fingerprint density at radius 2 is 2.33 bits per heavy atom. The summed E-state index contributed by atoms with van der Waals surface area (Å²) in [5.41, 5.74) is 6.42. The Balaban J connectivity index is 2.15. The Morgan fingerprint density at radius 3 is 3.00 bits per heavy atom. The molecule has 0 aliphatic carbocycles. The lowest BCUT2D eigenvalue weighted by atomic mass is 10.2. The van der Waals surface area contributed by atoms with Crippen molar-refractivity contribution in [1.29, 1.82) is 0 Å². The number of ether oxygens (including phenoxy) is 1. The van der Waals surface area contributed by atoms with Gasteiger partial charge in [0.05, 0.1) is 10.4 Å². The van der Waals surface area contributed by atoms with Crippen molar-refractivity contribution in [2.45, 2.75) is 0 Å². The number of likely N-dealkylation sites (N-methyl/N-ethyl adjacent to an activating group) is 1. The molecule has 18 heavy (non-hydrogen) atoms. The van der Waals surface area contributed by atoms with Crippen LogP contribution in [-0.2, 0) is 4.74 Å². The molecule has 0 unspecified atom stereocenters. The van der Waals surface area contributed by atoms with E-state index < -0.39 is 0 Å². The molecule has 96 valence electrons. The molecule has 0 bridgehead atoms. The number of nitrogens with zero attached hydrogens (tertiary/aromatic N) is 2. The van der Waals surface area contributed by atoms with Gasteiger partial charge in [-0.1, -0.05) is 0 Å². The lowest BCUT2D eigenvalue weighted by Crippen LogP contribution is -2.20. The zero-order chi connectivity index (χ0) is 13.1. The van der Waals surface area contributed by atoms with Crippen LogP contribution in [0.15, 0.2) is 18.5 Å². The fourth-order valence-corrected chi connectivity index (χ4v) is 2.49. The van der Waals surface area contributed by atoms with Crippen molar-refractivity contribution in [3.63, 3.8) is 0 Å². The molecular weight excluding hydrogens is 250 g/mol. The first-order valence-corrected chi connectivity index (χ1v) is 6.35. The second-order valence-corrected chi connectivity index (χ2v) is 5.21. The molecule has 0 aromatic carbocycles. The minimum absolute atomic E-state index is 0.359. The number of carbonyl (C=O) groups excluding carboxylic acids is 1. The molecule has 0 saturated carbocycles. The first-order valence-electron chi connectivity index (χ1n) is 5.53. The molecule has 0 fully saturated rings. The molecule has 2 aromatic heterocycles. The molecule has 0 radical (unpaired) electrons. The molecule has 0 amide bonds. The summed E-state index contributed by atoms with van der Waals surface area (Å²) in [6.07, 6.45) is 3.36. The van der Waals surface area contributed by atoms with Gasteiger partial charge in [0, 0.05) is 24.3 Å². The summed E-state index contributed by atoms with van der Waals surface area (Å²) in [5.74, 6) is -0.365. The van der Waals surface area contributed by atoms with Crippen molar-refractivity contribution in [2.24, 2.45) is 0 Å². The second kappa shape index (κ2) is 5.32. The fourth-order valence-electron chi connectivity index (χ4n) is 1.51. The number of carbonyl (C=O) groups is 1. The average molecular weight is 265 g/mol. The first-order chi connectivity index (χ1) is 8.59. The highest BCUT2D eigenvalue weighted by atomic mass is 32.1. The normalized spacial score (nSPS) is 11.1. The summed E-state index contributed by atoms with van der Waals surface area (Å²) in [6, 6.07) is 1.80. The van der Waals surface area contributed by atoms with Crippen molar-refractivity contribution in [2.75, 3.05) is 33.0 Å². The monoisotopic (exact) mass is 265 g/mol. The minimum Gasteiger partial charge on any atom is -0.460 e. The van der Waals surface area contributed by atoms with Gasteiger partial charge in [-0.3, -0.25) is 4.98 Å².